The van der Waals surface area contributed by atoms with Gasteiger partial charge in [0.15, 0.2) is 5.96 Å². The molecule has 3 saturated heterocycles. The molecule has 212 valence electrons. The number of anilines is 1. The van der Waals surface area contributed by atoms with Crippen LogP contribution >= 0.6 is 0 Å². The molecule has 1 aromatic heterocycles. The summed E-state index contributed by atoms with van der Waals surface area (Å²) in [5, 5.41) is 6.94. The molecule has 6 rings (SSSR count). The van der Waals surface area contributed by atoms with Gasteiger partial charge >= 0.3 is 12.4 Å². The van der Waals surface area contributed by atoms with Crippen molar-refractivity contribution in [2.75, 3.05) is 25.5 Å². The summed E-state index contributed by atoms with van der Waals surface area (Å²) in [5.74, 6) is 0.849. The number of benzene rings is 2. The largest absolute Gasteiger partial charge is 0.416 e. The van der Waals surface area contributed by atoms with Crippen molar-refractivity contribution in [3.05, 3.63) is 84.1 Å². The molecule has 3 aliphatic heterocycles. The Bertz CT molecular complexity index is 1380. The Morgan fingerprint density at radius 3 is 2.38 bits per heavy atom. The smallest absolute Gasteiger partial charge is 0.348 e. The van der Waals surface area contributed by atoms with Crippen LogP contribution in [0.2, 0.25) is 0 Å². The van der Waals surface area contributed by atoms with Gasteiger partial charge in [-0.25, -0.2) is 0 Å². The molecule has 11 heteroatoms. The van der Waals surface area contributed by atoms with Crippen molar-refractivity contribution < 1.29 is 26.3 Å². The van der Waals surface area contributed by atoms with Crippen molar-refractivity contribution in [3.63, 3.8) is 0 Å². The van der Waals surface area contributed by atoms with E-state index in [-0.39, 0.29) is 29.8 Å². The van der Waals surface area contributed by atoms with Crippen molar-refractivity contribution >= 4 is 22.5 Å². The number of rotatable bonds is 5. The molecule has 0 radical (unpaired) electrons. The van der Waals surface area contributed by atoms with E-state index in [4.69, 9.17) is 0 Å². The van der Waals surface area contributed by atoms with E-state index in [1.54, 1.807) is 6.20 Å². The maximum absolute atomic E-state index is 13.5. The molecule has 3 unspecified atom stereocenters. The molecule has 40 heavy (non-hydrogen) atoms. The monoisotopic (exact) mass is 561 g/mol. The van der Waals surface area contributed by atoms with Crippen LogP contribution in [0.25, 0.3) is 10.9 Å². The summed E-state index contributed by atoms with van der Waals surface area (Å²) >= 11 is 0. The van der Waals surface area contributed by atoms with Gasteiger partial charge in [0.05, 0.1) is 22.7 Å². The highest BCUT2D eigenvalue weighted by molar-refractivity contribution is 5.94. The van der Waals surface area contributed by atoms with E-state index in [2.05, 4.69) is 32.1 Å². The highest BCUT2D eigenvalue weighted by Crippen LogP contribution is 2.42. The zero-order valence-electron chi connectivity index (χ0n) is 21.7. The number of fused-ring (bicyclic) bond motifs is 4. The second-order valence-corrected chi connectivity index (χ2v) is 10.3. The van der Waals surface area contributed by atoms with Crippen molar-refractivity contribution in [1.29, 1.82) is 0 Å². The number of hydrogen-bond donors (Lipinski definition) is 2. The van der Waals surface area contributed by atoms with Crippen LogP contribution in [-0.4, -0.2) is 42.0 Å². The Hall–Kier alpha value is -3.60. The van der Waals surface area contributed by atoms with Crippen LogP contribution in [0, 0.1) is 11.8 Å². The summed E-state index contributed by atoms with van der Waals surface area (Å²) < 4.78 is 80.8. The van der Waals surface area contributed by atoms with Crippen LogP contribution in [0.1, 0.15) is 35.6 Å². The number of para-hydroxylation sites is 1. The Morgan fingerprint density at radius 2 is 1.77 bits per heavy atom. The van der Waals surface area contributed by atoms with Gasteiger partial charge in [-0.2, -0.15) is 26.3 Å². The lowest BCUT2D eigenvalue weighted by atomic mass is 9.73. The Kier molecular flexibility index (Phi) is 7.52. The molecule has 5 nitrogen and oxygen atoms in total. The highest BCUT2D eigenvalue weighted by atomic mass is 19.4. The average molecular weight is 562 g/mol. The Labute approximate surface area is 228 Å². The maximum atomic E-state index is 13.5. The molecule has 4 heterocycles. The van der Waals surface area contributed by atoms with Gasteiger partial charge in [-0.3, -0.25) is 14.9 Å². The Balaban J connectivity index is 1.52. The standard InChI is InChI=1S/C29H29F6N5/c1-3-17-16-40-11-9-18(17)12-25(40)26(23-8-10-37-24-7-5-4-6-22(23)24)39-27(36-2)38-21-14-19(28(30,31)32)13-20(15-21)29(33,34)35/h3-8,10,13-15,17-18,25-26H,1,9,11-12,16H2,2H3,(H2,36,38,39)/t17?,18?,25-,26-/m0/s1. The van der Waals surface area contributed by atoms with Crippen LogP contribution in [0.15, 0.2) is 72.4 Å². The van der Waals surface area contributed by atoms with Crippen LogP contribution < -0.4 is 10.6 Å². The first-order chi connectivity index (χ1) is 19.0. The summed E-state index contributed by atoms with van der Waals surface area (Å²) in [5.41, 5.74) is -1.47. The maximum Gasteiger partial charge on any atom is 0.416 e. The number of hydrogen-bond acceptors (Lipinski definition) is 3. The van der Waals surface area contributed by atoms with Gasteiger partial charge in [0.2, 0.25) is 0 Å². The van der Waals surface area contributed by atoms with Gasteiger partial charge in [-0.05, 0) is 67.1 Å². The summed E-state index contributed by atoms with van der Waals surface area (Å²) in [6.45, 7) is 5.70. The topological polar surface area (TPSA) is 52.5 Å². The molecule has 0 spiro atoms. The van der Waals surface area contributed by atoms with Gasteiger partial charge in [0.1, 0.15) is 0 Å². The lowest BCUT2D eigenvalue weighted by Gasteiger charge is -2.52. The second-order valence-electron chi connectivity index (χ2n) is 10.3. The number of piperidine rings is 3. The first-order valence-corrected chi connectivity index (χ1v) is 13.0. The van der Waals surface area contributed by atoms with Crippen molar-refractivity contribution in [2.45, 2.75) is 37.3 Å². The van der Waals surface area contributed by atoms with Crippen LogP contribution in [0.4, 0.5) is 32.0 Å². The van der Waals surface area contributed by atoms with Gasteiger partial charge < -0.3 is 10.6 Å². The summed E-state index contributed by atoms with van der Waals surface area (Å²) in [6.07, 6.45) is -4.33. The van der Waals surface area contributed by atoms with Gasteiger partial charge in [-0.15, -0.1) is 6.58 Å². The first-order valence-electron chi connectivity index (χ1n) is 13.0. The molecular weight excluding hydrogens is 532 g/mol. The fourth-order valence-electron chi connectivity index (χ4n) is 5.96. The average Bonchev–Trinajstić information content (AvgIpc) is 2.94. The molecule has 0 amide bonds. The molecule has 3 aliphatic rings. The van der Waals surface area contributed by atoms with E-state index in [1.165, 1.54) is 7.05 Å². The number of aliphatic imine (C=N–C) groups is 1. The number of halogens is 6. The summed E-state index contributed by atoms with van der Waals surface area (Å²) in [6, 6.07) is 10.6. The molecule has 0 saturated carbocycles. The minimum absolute atomic E-state index is 0.00607. The van der Waals surface area contributed by atoms with Crippen LogP contribution in [0.3, 0.4) is 0 Å². The molecular formula is C29H29F6N5. The number of nitrogens with zero attached hydrogens (tertiary/aromatic N) is 3. The third-order valence-electron chi connectivity index (χ3n) is 7.92. The van der Waals surface area contributed by atoms with Crippen molar-refractivity contribution in [2.24, 2.45) is 16.8 Å². The summed E-state index contributed by atoms with van der Waals surface area (Å²) in [7, 11) is 1.43. The predicted octanol–water partition coefficient (Wildman–Crippen LogP) is 6.90. The fraction of sp³-hybridized carbons (Fsp3) is 0.379. The third kappa shape index (κ3) is 5.65. The van der Waals surface area contributed by atoms with Crippen molar-refractivity contribution in [1.82, 2.24) is 15.2 Å². The molecule has 3 aromatic rings. The van der Waals surface area contributed by atoms with Gasteiger partial charge in [0, 0.05) is 36.9 Å². The van der Waals surface area contributed by atoms with E-state index in [9.17, 15) is 26.3 Å². The second kappa shape index (κ2) is 10.8. The summed E-state index contributed by atoms with van der Waals surface area (Å²) in [4.78, 5) is 11.0. The van der Waals surface area contributed by atoms with Gasteiger partial charge in [0.25, 0.3) is 0 Å². The number of pyridine rings is 1. The van der Waals surface area contributed by atoms with Gasteiger partial charge in [-0.1, -0.05) is 24.3 Å². The van der Waals surface area contributed by atoms with E-state index in [1.807, 2.05) is 36.4 Å². The molecule has 2 aromatic carbocycles. The third-order valence-corrected chi connectivity index (χ3v) is 7.92. The highest BCUT2D eigenvalue weighted by Gasteiger charge is 2.43. The zero-order valence-corrected chi connectivity index (χ0v) is 21.7. The molecule has 2 bridgehead atoms. The lowest BCUT2D eigenvalue weighted by molar-refractivity contribution is -0.143. The first kappa shape index (κ1) is 27.9. The number of guanidine groups is 1. The zero-order chi connectivity index (χ0) is 28.7. The minimum Gasteiger partial charge on any atom is -0.348 e. The van der Waals surface area contributed by atoms with Crippen LogP contribution in [-0.2, 0) is 12.4 Å². The number of alkyl halides is 6. The van der Waals surface area contributed by atoms with E-state index < -0.39 is 23.5 Å². The normalized spacial score (nSPS) is 24.1. The number of nitrogens with one attached hydrogen (secondary N) is 2. The molecule has 3 fully saturated rings. The minimum atomic E-state index is -4.95. The quantitative estimate of drug-likeness (QED) is 0.154. The van der Waals surface area contributed by atoms with Crippen molar-refractivity contribution in [3.8, 4) is 0 Å². The van der Waals surface area contributed by atoms with E-state index in [0.717, 1.165) is 42.4 Å². The number of aromatic nitrogens is 1. The lowest BCUT2D eigenvalue weighted by Crippen LogP contribution is -2.57. The molecule has 2 N–H and O–H groups in total. The van der Waals surface area contributed by atoms with E-state index >= 15 is 0 Å². The SMILES string of the molecule is C=CC1CN2CCC1C[C@H]2[C@@H](NC(=NC)Nc1cc(C(F)(F)F)cc(C(F)(F)F)c1)c1ccnc2ccccc12. The van der Waals surface area contributed by atoms with Crippen LogP contribution in [0.5, 0.6) is 0 Å². The fourth-order valence-corrected chi connectivity index (χ4v) is 5.96. The molecule has 0 aliphatic carbocycles. The predicted molar refractivity (Wildman–Crippen MR) is 143 cm³/mol. The van der Waals surface area contributed by atoms with E-state index in [0.29, 0.717) is 24.0 Å². The Morgan fingerprint density at radius 1 is 1.07 bits per heavy atom. The molecule has 5 atom stereocenters.